The van der Waals surface area contributed by atoms with Gasteiger partial charge in [-0.3, -0.25) is 9.59 Å². The van der Waals surface area contributed by atoms with Gasteiger partial charge in [-0.15, -0.1) is 0 Å². The number of halogens is 3. The van der Waals surface area contributed by atoms with Gasteiger partial charge in [-0.05, 0) is 6.07 Å². The minimum atomic E-state index is -0.966. The van der Waals surface area contributed by atoms with Gasteiger partial charge in [0.1, 0.15) is 0 Å². The summed E-state index contributed by atoms with van der Waals surface area (Å²) >= 11 is 10.9. The molecule has 0 spiro atoms. The lowest BCUT2D eigenvalue weighted by Gasteiger charge is -2.02. The van der Waals surface area contributed by atoms with E-state index in [1.54, 1.807) is 0 Å². The molecule has 1 rings (SSSR count). The quantitative estimate of drug-likeness (QED) is 0.568. The summed E-state index contributed by atoms with van der Waals surface area (Å²) in [5.41, 5.74) is -0.480. The first-order valence-corrected chi connectivity index (χ1v) is 3.95. The van der Waals surface area contributed by atoms with Crippen LogP contribution in [-0.2, 0) is 0 Å². The van der Waals surface area contributed by atoms with Crippen molar-refractivity contribution in [1.82, 2.24) is 0 Å². The summed E-state index contributed by atoms with van der Waals surface area (Å²) in [4.78, 5) is 20.7. The van der Waals surface area contributed by atoms with Crippen molar-refractivity contribution in [2.24, 2.45) is 0 Å². The third-order valence-corrected chi connectivity index (χ3v) is 2.24. The molecule has 68 valence electrons. The largest absolute Gasteiger partial charge is 0.298 e. The van der Waals surface area contributed by atoms with Crippen molar-refractivity contribution in [2.75, 3.05) is 0 Å². The molecule has 0 bridgehead atoms. The second-order valence-electron chi connectivity index (χ2n) is 2.22. The summed E-state index contributed by atoms with van der Waals surface area (Å²) in [6.07, 6.45) is 0.566. The van der Waals surface area contributed by atoms with Gasteiger partial charge in [0.05, 0.1) is 15.6 Å². The van der Waals surface area contributed by atoms with E-state index >= 15 is 0 Å². The Kier molecular flexibility index (Phi) is 3.01. The number of hydrogen-bond donors (Lipinski definition) is 0. The Morgan fingerprint density at radius 1 is 1.23 bits per heavy atom. The van der Waals surface area contributed by atoms with Crippen molar-refractivity contribution in [3.63, 3.8) is 0 Å². The van der Waals surface area contributed by atoms with Crippen LogP contribution in [-0.4, -0.2) is 12.6 Å². The average molecular weight is 221 g/mol. The molecule has 0 radical (unpaired) electrons. The van der Waals surface area contributed by atoms with Gasteiger partial charge in [-0.2, -0.15) is 0 Å². The number of rotatable bonds is 2. The number of carbonyl (C=O) groups excluding carboxylic acids is 2. The topological polar surface area (TPSA) is 34.1 Å². The molecule has 1 aromatic rings. The minimum absolute atomic E-state index is 0.0909. The molecule has 0 saturated carbocycles. The number of aldehydes is 2. The van der Waals surface area contributed by atoms with E-state index in [0.717, 1.165) is 6.07 Å². The highest BCUT2D eigenvalue weighted by molar-refractivity contribution is 6.42. The summed E-state index contributed by atoms with van der Waals surface area (Å²) in [6, 6.07) is 1.14. The molecule has 2 nitrogen and oxygen atoms in total. The summed E-state index contributed by atoms with van der Waals surface area (Å²) < 4.78 is 13.1. The van der Waals surface area contributed by atoms with Gasteiger partial charge < -0.3 is 0 Å². The van der Waals surface area contributed by atoms with Crippen molar-refractivity contribution < 1.29 is 14.0 Å². The van der Waals surface area contributed by atoms with Crippen LogP contribution in [0.5, 0.6) is 0 Å². The number of benzene rings is 1. The molecule has 13 heavy (non-hydrogen) atoms. The molecule has 0 amide bonds. The van der Waals surface area contributed by atoms with E-state index in [2.05, 4.69) is 0 Å². The van der Waals surface area contributed by atoms with E-state index in [1.165, 1.54) is 0 Å². The van der Waals surface area contributed by atoms with Crippen LogP contribution < -0.4 is 0 Å². The van der Waals surface area contributed by atoms with E-state index in [-0.39, 0.29) is 27.5 Å². The molecule has 1 aromatic carbocycles. The molecule has 0 heterocycles. The van der Waals surface area contributed by atoms with Crippen molar-refractivity contribution in [2.45, 2.75) is 0 Å². The Morgan fingerprint density at radius 3 is 2.31 bits per heavy atom. The Labute approximate surface area is 83.3 Å². The third kappa shape index (κ3) is 1.71. The van der Waals surface area contributed by atoms with E-state index in [4.69, 9.17) is 23.2 Å². The predicted molar refractivity (Wildman–Crippen MR) is 47.2 cm³/mol. The summed E-state index contributed by atoms with van der Waals surface area (Å²) in [7, 11) is 0. The molecular weight excluding hydrogens is 218 g/mol. The first-order chi connectivity index (χ1) is 6.11. The molecule has 5 heteroatoms. The van der Waals surface area contributed by atoms with Gasteiger partial charge in [-0.1, -0.05) is 23.2 Å². The normalized spacial score (nSPS) is 9.77. The fraction of sp³-hybridized carbons (Fsp3) is 0. The highest BCUT2D eigenvalue weighted by Crippen LogP contribution is 2.28. The van der Waals surface area contributed by atoms with E-state index in [0.29, 0.717) is 6.29 Å². The van der Waals surface area contributed by atoms with Crippen LogP contribution in [0.25, 0.3) is 0 Å². The van der Waals surface area contributed by atoms with Crippen molar-refractivity contribution in [1.29, 1.82) is 0 Å². The zero-order chi connectivity index (χ0) is 10.0. The van der Waals surface area contributed by atoms with Crippen molar-refractivity contribution >= 4 is 35.8 Å². The van der Waals surface area contributed by atoms with E-state index in [9.17, 15) is 14.0 Å². The van der Waals surface area contributed by atoms with Crippen LogP contribution >= 0.6 is 23.2 Å². The lowest BCUT2D eigenvalue weighted by atomic mass is 10.1. The van der Waals surface area contributed by atoms with Gasteiger partial charge in [0.15, 0.2) is 18.4 Å². The van der Waals surface area contributed by atoms with Gasteiger partial charge in [0.2, 0.25) is 0 Å². The minimum Gasteiger partial charge on any atom is -0.298 e. The van der Waals surface area contributed by atoms with Gasteiger partial charge in [-0.25, -0.2) is 4.39 Å². The Hall–Kier alpha value is -0.930. The van der Waals surface area contributed by atoms with E-state index in [1.807, 2.05) is 0 Å². The van der Waals surface area contributed by atoms with Crippen molar-refractivity contribution in [3.05, 3.63) is 33.1 Å². The van der Waals surface area contributed by atoms with Gasteiger partial charge >= 0.3 is 0 Å². The van der Waals surface area contributed by atoms with Crippen LogP contribution in [0.2, 0.25) is 10.0 Å². The molecular formula is C8H3Cl2FO2. The zero-order valence-electron chi connectivity index (χ0n) is 6.18. The molecule has 0 atom stereocenters. The highest BCUT2D eigenvalue weighted by atomic mass is 35.5. The number of carbonyl (C=O) groups is 2. The number of hydrogen-bond acceptors (Lipinski definition) is 2. The highest BCUT2D eigenvalue weighted by Gasteiger charge is 2.14. The monoisotopic (exact) mass is 220 g/mol. The first kappa shape index (κ1) is 10.2. The first-order valence-electron chi connectivity index (χ1n) is 3.19. The SMILES string of the molecule is O=Cc1cc(Cl)c(Cl)c(F)c1C=O. The maximum absolute atomic E-state index is 13.1. The Bertz CT molecular complexity index is 377. The standard InChI is InChI=1S/C8H3Cl2FO2/c9-6-1-4(2-12)5(3-13)8(11)7(6)10/h1-3H. The van der Waals surface area contributed by atoms with Gasteiger partial charge in [0, 0.05) is 5.56 Å². The zero-order valence-corrected chi connectivity index (χ0v) is 7.69. The van der Waals surface area contributed by atoms with Crippen molar-refractivity contribution in [3.8, 4) is 0 Å². The maximum Gasteiger partial charge on any atom is 0.154 e. The summed E-state index contributed by atoms with van der Waals surface area (Å²) in [5.74, 6) is -0.966. The van der Waals surface area contributed by atoms with E-state index < -0.39 is 5.82 Å². The third-order valence-electron chi connectivity index (χ3n) is 1.48. The Morgan fingerprint density at radius 2 is 1.85 bits per heavy atom. The second-order valence-corrected chi connectivity index (χ2v) is 3.01. The maximum atomic E-state index is 13.1. The summed E-state index contributed by atoms with van der Waals surface area (Å²) in [5, 5.41) is -0.443. The molecule has 0 aromatic heterocycles. The molecule has 0 N–H and O–H groups in total. The fourth-order valence-electron chi connectivity index (χ4n) is 0.845. The van der Waals surface area contributed by atoms with Crippen LogP contribution in [0, 0.1) is 5.82 Å². The lowest BCUT2D eigenvalue weighted by molar-refractivity contribution is 0.109. The molecule has 0 aliphatic carbocycles. The van der Waals surface area contributed by atoms with Crippen LogP contribution in [0.4, 0.5) is 4.39 Å². The van der Waals surface area contributed by atoms with Crippen LogP contribution in [0.3, 0.4) is 0 Å². The molecule has 0 fully saturated rings. The smallest absolute Gasteiger partial charge is 0.154 e. The van der Waals surface area contributed by atoms with Gasteiger partial charge in [0.25, 0.3) is 0 Å². The lowest BCUT2D eigenvalue weighted by Crippen LogP contribution is -1.97. The molecule has 0 aliphatic rings. The van der Waals surface area contributed by atoms with Crippen LogP contribution in [0.15, 0.2) is 6.07 Å². The predicted octanol–water partition coefficient (Wildman–Crippen LogP) is 2.76. The second kappa shape index (κ2) is 3.85. The summed E-state index contributed by atoms with van der Waals surface area (Å²) in [6.45, 7) is 0. The average Bonchev–Trinajstić information content (AvgIpc) is 2.13. The Balaban J connectivity index is 3.56. The molecule has 0 aliphatic heterocycles. The fourth-order valence-corrected chi connectivity index (χ4v) is 1.20. The molecule has 0 unspecified atom stereocenters. The molecule has 0 saturated heterocycles. The van der Waals surface area contributed by atoms with Crippen LogP contribution in [0.1, 0.15) is 20.7 Å².